The van der Waals surface area contributed by atoms with Gasteiger partial charge in [-0.05, 0) is 24.1 Å². The largest absolute Gasteiger partial charge is 0.419 e. The van der Waals surface area contributed by atoms with Gasteiger partial charge in [-0.15, -0.1) is 0 Å². The lowest BCUT2D eigenvalue weighted by molar-refractivity contribution is -0.140. The van der Waals surface area contributed by atoms with Gasteiger partial charge < -0.3 is 0 Å². The van der Waals surface area contributed by atoms with E-state index < -0.39 is 23.4 Å². The third kappa shape index (κ3) is 3.47. The average molecular weight is 240 g/mol. The zero-order valence-electron chi connectivity index (χ0n) is 9.25. The van der Waals surface area contributed by atoms with Crippen LogP contribution in [0.4, 0.5) is 22.0 Å². The number of benzene rings is 1. The topological polar surface area (TPSA) is 0 Å². The first-order chi connectivity index (χ1) is 7.36. The average Bonchev–Trinajstić information content (AvgIpc) is 2.23. The van der Waals surface area contributed by atoms with E-state index in [1.165, 1.54) is 0 Å². The maximum absolute atomic E-state index is 12.7. The molecule has 0 aliphatic heterocycles. The molecule has 0 bridgehead atoms. The quantitative estimate of drug-likeness (QED) is 0.630. The Balaban J connectivity index is 0.00000106. The Kier molecular flexibility index (Phi) is 5.41. The van der Waals surface area contributed by atoms with Crippen molar-refractivity contribution in [3.05, 3.63) is 34.9 Å². The smallest absolute Gasteiger partial charge is 0.204 e. The Hall–Kier alpha value is -1.13. The molecule has 1 aromatic rings. The predicted molar refractivity (Wildman–Crippen MR) is 52.1 cm³/mol. The molecule has 0 amide bonds. The van der Waals surface area contributed by atoms with Crippen LogP contribution in [0.3, 0.4) is 0 Å². The van der Waals surface area contributed by atoms with Crippen LogP contribution in [0.2, 0.25) is 0 Å². The molecule has 0 saturated heterocycles. The van der Waals surface area contributed by atoms with Crippen LogP contribution in [-0.2, 0) is 12.6 Å². The lowest BCUT2D eigenvalue weighted by Gasteiger charge is -2.09. The highest BCUT2D eigenvalue weighted by Crippen LogP contribution is 2.33. The molecule has 5 heteroatoms. The summed E-state index contributed by atoms with van der Waals surface area (Å²) in [5.74, 6) is -3.30. The summed E-state index contributed by atoms with van der Waals surface area (Å²) in [4.78, 5) is 0. The van der Waals surface area contributed by atoms with E-state index in [0.717, 1.165) is 6.07 Å². The van der Waals surface area contributed by atoms with Crippen molar-refractivity contribution in [2.24, 2.45) is 0 Å². The molecule has 92 valence electrons. The van der Waals surface area contributed by atoms with E-state index in [0.29, 0.717) is 6.07 Å². The van der Waals surface area contributed by atoms with E-state index in [9.17, 15) is 22.0 Å². The summed E-state index contributed by atoms with van der Waals surface area (Å²) in [6.07, 6.45) is -4.63. The molecule has 0 spiro atoms. The molecule has 0 saturated carbocycles. The summed E-state index contributed by atoms with van der Waals surface area (Å²) < 4.78 is 61.8. The molecule has 1 rings (SSSR count). The molecule has 0 unspecified atom stereocenters. The van der Waals surface area contributed by atoms with Gasteiger partial charge >= 0.3 is 6.18 Å². The summed E-state index contributed by atoms with van der Waals surface area (Å²) in [6, 6.07) is 1.39. The maximum atomic E-state index is 12.7. The van der Waals surface area contributed by atoms with Crippen molar-refractivity contribution >= 4 is 0 Å². The SMILES string of the molecule is CC.CCc1cc(F)c(F)c(C(F)(F)F)c1. The van der Waals surface area contributed by atoms with Gasteiger partial charge in [0.25, 0.3) is 0 Å². The van der Waals surface area contributed by atoms with Crippen molar-refractivity contribution < 1.29 is 22.0 Å². The lowest BCUT2D eigenvalue weighted by atomic mass is 10.1. The third-order valence-electron chi connectivity index (χ3n) is 1.80. The van der Waals surface area contributed by atoms with Crippen LogP contribution in [0, 0.1) is 11.6 Å². The summed E-state index contributed by atoms with van der Waals surface area (Å²) in [6.45, 7) is 5.56. The van der Waals surface area contributed by atoms with Gasteiger partial charge in [0.1, 0.15) is 0 Å². The Morgan fingerprint density at radius 1 is 1.06 bits per heavy atom. The molecule has 0 nitrogen and oxygen atoms in total. The number of hydrogen-bond donors (Lipinski definition) is 0. The number of hydrogen-bond acceptors (Lipinski definition) is 0. The van der Waals surface area contributed by atoms with Crippen LogP contribution in [0.5, 0.6) is 0 Å². The second kappa shape index (κ2) is 5.82. The fourth-order valence-electron chi connectivity index (χ4n) is 1.06. The van der Waals surface area contributed by atoms with Crippen LogP contribution in [0.15, 0.2) is 12.1 Å². The third-order valence-corrected chi connectivity index (χ3v) is 1.80. The monoisotopic (exact) mass is 240 g/mol. The van der Waals surface area contributed by atoms with Gasteiger partial charge in [-0.2, -0.15) is 13.2 Å². The van der Waals surface area contributed by atoms with Crippen molar-refractivity contribution in [2.75, 3.05) is 0 Å². The van der Waals surface area contributed by atoms with Crippen molar-refractivity contribution in [1.82, 2.24) is 0 Å². The van der Waals surface area contributed by atoms with Crippen LogP contribution < -0.4 is 0 Å². The van der Waals surface area contributed by atoms with E-state index in [2.05, 4.69) is 0 Å². The van der Waals surface area contributed by atoms with Crippen molar-refractivity contribution in [1.29, 1.82) is 0 Å². The predicted octanol–water partition coefficient (Wildman–Crippen LogP) is 4.57. The van der Waals surface area contributed by atoms with Crippen molar-refractivity contribution in [2.45, 2.75) is 33.4 Å². The molecule has 16 heavy (non-hydrogen) atoms. The highest BCUT2D eigenvalue weighted by atomic mass is 19.4. The minimum absolute atomic E-state index is 0.122. The molecule has 0 N–H and O–H groups in total. The normalized spacial score (nSPS) is 10.8. The van der Waals surface area contributed by atoms with Crippen LogP contribution >= 0.6 is 0 Å². The zero-order valence-corrected chi connectivity index (χ0v) is 9.25. The molecule has 0 heterocycles. The Labute approximate surface area is 91.1 Å². The molecule has 0 atom stereocenters. The summed E-state index contributed by atoms with van der Waals surface area (Å²) >= 11 is 0. The zero-order chi connectivity index (χ0) is 12.9. The van der Waals surface area contributed by atoms with Crippen molar-refractivity contribution in [3.8, 4) is 0 Å². The van der Waals surface area contributed by atoms with Crippen LogP contribution in [0.25, 0.3) is 0 Å². The Bertz CT molecular complexity index is 341. The van der Waals surface area contributed by atoms with Crippen molar-refractivity contribution in [3.63, 3.8) is 0 Å². The van der Waals surface area contributed by atoms with Gasteiger partial charge in [0.15, 0.2) is 11.6 Å². The number of halogens is 5. The van der Waals surface area contributed by atoms with E-state index >= 15 is 0 Å². The van der Waals surface area contributed by atoms with Crippen LogP contribution in [0.1, 0.15) is 31.9 Å². The number of aryl methyl sites for hydroxylation is 1. The minimum Gasteiger partial charge on any atom is -0.204 e. The summed E-state index contributed by atoms with van der Waals surface area (Å²) in [7, 11) is 0. The summed E-state index contributed by atoms with van der Waals surface area (Å²) in [5, 5.41) is 0. The van der Waals surface area contributed by atoms with Gasteiger partial charge in [-0.25, -0.2) is 8.78 Å². The van der Waals surface area contributed by atoms with Gasteiger partial charge in [0.05, 0.1) is 5.56 Å². The number of alkyl halides is 3. The molecular formula is C11H13F5. The Morgan fingerprint density at radius 3 is 1.94 bits per heavy atom. The molecule has 0 fully saturated rings. The first-order valence-electron chi connectivity index (χ1n) is 4.91. The highest BCUT2D eigenvalue weighted by molar-refractivity contribution is 5.28. The van der Waals surface area contributed by atoms with Gasteiger partial charge in [-0.3, -0.25) is 0 Å². The highest BCUT2D eigenvalue weighted by Gasteiger charge is 2.35. The molecule has 1 aromatic carbocycles. The first-order valence-corrected chi connectivity index (χ1v) is 4.91. The van der Waals surface area contributed by atoms with Gasteiger partial charge in [-0.1, -0.05) is 20.8 Å². The second-order valence-corrected chi connectivity index (χ2v) is 2.79. The second-order valence-electron chi connectivity index (χ2n) is 2.79. The standard InChI is InChI=1S/C9H7F5.C2H6/c1-2-5-3-6(9(12,13)14)8(11)7(10)4-5;1-2/h3-4H,2H2,1H3;1-2H3. The van der Waals surface area contributed by atoms with E-state index in [1.807, 2.05) is 13.8 Å². The molecule has 0 aliphatic carbocycles. The minimum atomic E-state index is -4.85. The Morgan fingerprint density at radius 2 is 1.56 bits per heavy atom. The molecule has 0 aliphatic rings. The fraction of sp³-hybridized carbons (Fsp3) is 0.455. The fourth-order valence-corrected chi connectivity index (χ4v) is 1.06. The molecule has 0 aromatic heterocycles. The summed E-state index contributed by atoms with van der Waals surface area (Å²) in [5.41, 5.74) is -1.43. The van der Waals surface area contributed by atoms with Gasteiger partial charge in [0, 0.05) is 0 Å². The van der Waals surface area contributed by atoms with Gasteiger partial charge in [0.2, 0.25) is 0 Å². The number of rotatable bonds is 1. The maximum Gasteiger partial charge on any atom is 0.419 e. The van der Waals surface area contributed by atoms with E-state index in [-0.39, 0.29) is 12.0 Å². The first kappa shape index (κ1) is 14.9. The molecular weight excluding hydrogens is 227 g/mol. The van der Waals surface area contributed by atoms with Crippen LogP contribution in [-0.4, -0.2) is 0 Å². The molecule has 0 radical (unpaired) electrons. The lowest BCUT2D eigenvalue weighted by Crippen LogP contribution is -2.10. The van der Waals surface area contributed by atoms with E-state index in [4.69, 9.17) is 0 Å². The van der Waals surface area contributed by atoms with E-state index in [1.54, 1.807) is 6.92 Å².